The maximum Gasteiger partial charge on any atom is -0.00646 e. The van der Waals surface area contributed by atoms with Crippen molar-refractivity contribution in [1.82, 2.24) is 0 Å². The first-order chi connectivity index (χ1) is 6.84. The van der Waals surface area contributed by atoms with Crippen LogP contribution in [0.25, 0.3) is 0 Å². The molecule has 0 N–H and O–H groups in total. The Morgan fingerprint density at radius 1 is 1.36 bits per heavy atom. The van der Waals surface area contributed by atoms with Gasteiger partial charge in [0.1, 0.15) is 0 Å². The molecule has 0 fully saturated rings. The van der Waals surface area contributed by atoms with Crippen LogP contribution in [0.1, 0.15) is 40.0 Å². The molecule has 0 aliphatic heterocycles. The van der Waals surface area contributed by atoms with E-state index in [1.165, 1.54) is 25.0 Å². The number of hydrogen-bond donors (Lipinski definition) is 0. The second-order valence-electron chi connectivity index (χ2n) is 3.37. The lowest BCUT2D eigenvalue weighted by atomic mass is 9.94. The standard InChI is InChI=1S/C11H18S.C2H6/c1-10(8-9-12-2)11-6-4-3-5-7-11;1-2/h4,6-7,10H,3,5,8-9H2,1-2H3;1-2H3. The van der Waals surface area contributed by atoms with Gasteiger partial charge in [-0.05, 0) is 42.8 Å². The highest BCUT2D eigenvalue weighted by molar-refractivity contribution is 7.98. The minimum absolute atomic E-state index is 0.758. The first-order valence-electron chi connectivity index (χ1n) is 5.70. The van der Waals surface area contributed by atoms with Crippen molar-refractivity contribution in [1.29, 1.82) is 0 Å². The second kappa shape index (κ2) is 9.39. The lowest BCUT2D eigenvalue weighted by Gasteiger charge is -2.14. The van der Waals surface area contributed by atoms with Crippen LogP contribution >= 0.6 is 11.8 Å². The molecule has 1 unspecified atom stereocenters. The first-order valence-corrected chi connectivity index (χ1v) is 7.09. The highest BCUT2D eigenvalue weighted by Crippen LogP contribution is 2.21. The number of thioether (sulfide) groups is 1. The summed E-state index contributed by atoms with van der Waals surface area (Å²) in [6.07, 6.45) is 13.0. The molecule has 1 atom stereocenters. The van der Waals surface area contributed by atoms with Gasteiger partial charge >= 0.3 is 0 Å². The SMILES string of the molecule is CC.CSCCC(C)C1=CCCC=C1. The molecule has 1 aliphatic carbocycles. The van der Waals surface area contributed by atoms with Crippen molar-refractivity contribution < 1.29 is 0 Å². The smallest absolute Gasteiger partial charge is 0.00646 e. The van der Waals surface area contributed by atoms with Crippen molar-refractivity contribution in [2.24, 2.45) is 5.92 Å². The molecule has 0 saturated carbocycles. The maximum atomic E-state index is 2.39. The molecule has 0 spiro atoms. The van der Waals surface area contributed by atoms with E-state index in [-0.39, 0.29) is 0 Å². The molecule has 0 aromatic heterocycles. The van der Waals surface area contributed by atoms with Crippen LogP contribution < -0.4 is 0 Å². The summed E-state index contributed by atoms with van der Waals surface area (Å²) in [7, 11) is 0. The summed E-state index contributed by atoms with van der Waals surface area (Å²) >= 11 is 1.94. The lowest BCUT2D eigenvalue weighted by Crippen LogP contribution is -2.00. The van der Waals surface area contributed by atoms with Gasteiger partial charge in [-0.25, -0.2) is 0 Å². The van der Waals surface area contributed by atoms with E-state index in [1.807, 2.05) is 25.6 Å². The third-order valence-corrected chi connectivity index (χ3v) is 2.99. The van der Waals surface area contributed by atoms with E-state index in [1.54, 1.807) is 5.57 Å². The molecule has 14 heavy (non-hydrogen) atoms. The van der Waals surface area contributed by atoms with Crippen LogP contribution in [0.15, 0.2) is 23.8 Å². The summed E-state index contributed by atoms with van der Waals surface area (Å²) in [5.74, 6) is 2.04. The van der Waals surface area contributed by atoms with Crippen molar-refractivity contribution in [3.63, 3.8) is 0 Å². The Morgan fingerprint density at radius 2 is 2.07 bits per heavy atom. The lowest BCUT2D eigenvalue weighted by molar-refractivity contribution is 0.669. The van der Waals surface area contributed by atoms with E-state index in [0.29, 0.717) is 0 Å². The molecule has 0 amide bonds. The average Bonchev–Trinajstić information content (AvgIpc) is 2.30. The quantitative estimate of drug-likeness (QED) is 0.652. The molecule has 0 aromatic rings. The molecule has 0 nitrogen and oxygen atoms in total. The van der Waals surface area contributed by atoms with Crippen molar-refractivity contribution >= 4 is 11.8 Å². The molecular weight excluding hydrogens is 188 g/mol. The summed E-state index contributed by atoms with van der Waals surface area (Å²) in [5, 5.41) is 0. The zero-order valence-electron chi connectivity index (χ0n) is 10.0. The second-order valence-corrected chi connectivity index (χ2v) is 4.35. The summed E-state index contributed by atoms with van der Waals surface area (Å²) in [6.45, 7) is 6.33. The van der Waals surface area contributed by atoms with Crippen LogP contribution in [0.4, 0.5) is 0 Å². The zero-order valence-corrected chi connectivity index (χ0v) is 10.9. The number of allylic oxidation sites excluding steroid dienone is 4. The van der Waals surface area contributed by atoms with Crippen LogP contribution in [0.5, 0.6) is 0 Å². The monoisotopic (exact) mass is 212 g/mol. The molecule has 0 heterocycles. The van der Waals surface area contributed by atoms with E-state index in [4.69, 9.17) is 0 Å². The molecule has 1 rings (SSSR count). The van der Waals surface area contributed by atoms with Gasteiger partial charge in [0.25, 0.3) is 0 Å². The third kappa shape index (κ3) is 5.54. The molecule has 1 aliphatic rings. The van der Waals surface area contributed by atoms with Gasteiger partial charge in [0.2, 0.25) is 0 Å². The van der Waals surface area contributed by atoms with Crippen LogP contribution in [-0.2, 0) is 0 Å². The predicted molar refractivity (Wildman–Crippen MR) is 70.0 cm³/mol. The molecular formula is C13H24S. The van der Waals surface area contributed by atoms with E-state index in [9.17, 15) is 0 Å². The Morgan fingerprint density at radius 3 is 2.57 bits per heavy atom. The van der Waals surface area contributed by atoms with Crippen molar-refractivity contribution in [2.45, 2.75) is 40.0 Å². The van der Waals surface area contributed by atoms with Gasteiger partial charge in [-0.3, -0.25) is 0 Å². The van der Waals surface area contributed by atoms with Gasteiger partial charge in [-0.1, -0.05) is 39.0 Å². The average molecular weight is 212 g/mol. The van der Waals surface area contributed by atoms with E-state index in [2.05, 4.69) is 31.4 Å². The van der Waals surface area contributed by atoms with E-state index in [0.717, 1.165) is 5.92 Å². The molecule has 82 valence electrons. The predicted octanol–water partition coefficient (Wildman–Crippen LogP) is 4.68. The summed E-state index contributed by atoms with van der Waals surface area (Å²) in [4.78, 5) is 0. The number of rotatable bonds is 4. The number of hydrogen-bond acceptors (Lipinski definition) is 1. The maximum absolute atomic E-state index is 2.39. The normalized spacial score (nSPS) is 16.7. The summed E-state index contributed by atoms with van der Waals surface area (Å²) in [6, 6.07) is 0. The van der Waals surface area contributed by atoms with E-state index < -0.39 is 0 Å². The molecule has 0 aromatic carbocycles. The Labute approximate surface area is 93.9 Å². The Hall–Kier alpha value is -0.170. The molecule has 0 radical (unpaired) electrons. The topological polar surface area (TPSA) is 0 Å². The Kier molecular flexibility index (Phi) is 9.27. The Balaban J connectivity index is 0.000000791. The summed E-state index contributed by atoms with van der Waals surface area (Å²) < 4.78 is 0. The van der Waals surface area contributed by atoms with Gasteiger partial charge < -0.3 is 0 Å². The largest absolute Gasteiger partial charge is 0.165 e. The van der Waals surface area contributed by atoms with Crippen LogP contribution in [0.2, 0.25) is 0 Å². The van der Waals surface area contributed by atoms with Crippen LogP contribution in [0.3, 0.4) is 0 Å². The minimum Gasteiger partial charge on any atom is -0.165 e. The molecule has 0 saturated heterocycles. The van der Waals surface area contributed by atoms with E-state index >= 15 is 0 Å². The van der Waals surface area contributed by atoms with Gasteiger partial charge in [0.15, 0.2) is 0 Å². The summed E-state index contributed by atoms with van der Waals surface area (Å²) in [5.41, 5.74) is 1.55. The van der Waals surface area contributed by atoms with Crippen LogP contribution in [0, 0.1) is 5.92 Å². The molecule has 0 bridgehead atoms. The van der Waals surface area contributed by atoms with Gasteiger partial charge in [-0.2, -0.15) is 11.8 Å². The van der Waals surface area contributed by atoms with Gasteiger partial charge in [0.05, 0.1) is 0 Å². The van der Waals surface area contributed by atoms with Crippen molar-refractivity contribution in [3.8, 4) is 0 Å². The van der Waals surface area contributed by atoms with Crippen molar-refractivity contribution in [3.05, 3.63) is 23.8 Å². The van der Waals surface area contributed by atoms with Crippen LogP contribution in [-0.4, -0.2) is 12.0 Å². The van der Waals surface area contributed by atoms with Crippen molar-refractivity contribution in [2.75, 3.05) is 12.0 Å². The fourth-order valence-corrected chi connectivity index (χ4v) is 2.05. The first kappa shape index (κ1) is 13.8. The fraction of sp³-hybridized carbons (Fsp3) is 0.692. The minimum atomic E-state index is 0.758. The molecule has 1 heteroatoms. The van der Waals surface area contributed by atoms with Gasteiger partial charge in [0, 0.05) is 0 Å². The van der Waals surface area contributed by atoms with Gasteiger partial charge in [-0.15, -0.1) is 0 Å². The fourth-order valence-electron chi connectivity index (χ4n) is 1.46. The third-order valence-electron chi connectivity index (χ3n) is 2.35. The highest BCUT2D eigenvalue weighted by Gasteiger charge is 2.06. The highest BCUT2D eigenvalue weighted by atomic mass is 32.2. The zero-order chi connectivity index (χ0) is 10.8. The Bertz CT molecular complexity index is 180.